The van der Waals surface area contributed by atoms with Crippen LogP contribution >= 0.6 is 0 Å². The van der Waals surface area contributed by atoms with Gasteiger partial charge in [-0.1, -0.05) is 13.3 Å². The number of hydrogen-bond donors (Lipinski definition) is 2. The van der Waals surface area contributed by atoms with Crippen molar-refractivity contribution >= 4 is 27.3 Å². The van der Waals surface area contributed by atoms with Crippen molar-refractivity contribution in [2.24, 2.45) is 0 Å². The SMILES string of the molecule is CCCCOc1ccc(C(=O)Nc2ccc(S(=O)(=O)Nc3ccc(OC)cc3)cc2)cc1. The minimum atomic E-state index is -3.76. The Hall–Kier alpha value is -3.52. The number of amides is 1. The zero-order valence-corrected chi connectivity index (χ0v) is 18.8. The maximum Gasteiger partial charge on any atom is 0.261 e. The Morgan fingerprint density at radius 2 is 1.44 bits per heavy atom. The molecule has 0 saturated carbocycles. The lowest BCUT2D eigenvalue weighted by molar-refractivity contribution is 0.102. The van der Waals surface area contributed by atoms with E-state index in [1.807, 2.05) is 0 Å². The number of benzene rings is 3. The molecule has 32 heavy (non-hydrogen) atoms. The molecule has 3 aromatic carbocycles. The highest BCUT2D eigenvalue weighted by Crippen LogP contribution is 2.21. The second-order valence-corrected chi connectivity index (χ2v) is 8.72. The first kappa shape index (κ1) is 23.1. The van der Waals surface area contributed by atoms with Crippen LogP contribution in [0.5, 0.6) is 11.5 Å². The fourth-order valence-corrected chi connectivity index (χ4v) is 3.89. The molecule has 0 fully saturated rings. The molecule has 0 saturated heterocycles. The summed E-state index contributed by atoms with van der Waals surface area (Å²) in [4.78, 5) is 12.6. The Labute approximate surface area is 188 Å². The normalized spacial score (nSPS) is 10.9. The summed E-state index contributed by atoms with van der Waals surface area (Å²) in [6, 6.07) is 19.4. The third kappa shape index (κ3) is 6.24. The Morgan fingerprint density at radius 1 is 0.844 bits per heavy atom. The average Bonchev–Trinajstić information content (AvgIpc) is 2.80. The van der Waals surface area contributed by atoms with Crippen LogP contribution in [0.2, 0.25) is 0 Å². The summed E-state index contributed by atoms with van der Waals surface area (Å²) in [5.41, 5.74) is 1.39. The molecule has 3 aromatic rings. The van der Waals surface area contributed by atoms with Crippen molar-refractivity contribution in [3.63, 3.8) is 0 Å². The molecular formula is C24H26N2O5S. The molecule has 0 unspecified atom stereocenters. The Bertz CT molecular complexity index is 1130. The molecule has 7 nitrogen and oxygen atoms in total. The van der Waals surface area contributed by atoms with E-state index in [2.05, 4.69) is 17.0 Å². The second kappa shape index (κ2) is 10.7. The van der Waals surface area contributed by atoms with E-state index >= 15 is 0 Å². The molecule has 2 N–H and O–H groups in total. The van der Waals surface area contributed by atoms with Crippen LogP contribution in [0.25, 0.3) is 0 Å². The third-order valence-electron chi connectivity index (χ3n) is 4.65. The minimum absolute atomic E-state index is 0.0832. The second-order valence-electron chi connectivity index (χ2n) is 7.04. The number of nitrogens with one attached hydrogen (secondary N) is 2. The van der Waals surface area contributed by atoms with Crippen molar-refractivity contribution in [3.8, 4) is 11.5 Å². The van der Waals surface area contributed by atoms with Crippen molar-refractivity contribution in [3.05, 3.63) is 78.4 Å². The summed E-state index contributed by atoms with van der Waals surface area (Å²) in [5.74, 6) is 1.05. The van der Waals surface area contributed by atoms with Gasteiger partial charge in [0, 0.05) is 16.9 Å². The maximum absolute atomic E-state index is 12.6. The molecule has 0 aliphatic carbocycles. The Morgan fingerprint density at radius 3 is 2.03 bits per heavy atom. The zero-order valence-electron chi connectivity index (χ0n) is 18.0. The van der Waals surface area contributed by atoms with Crippen molar-refractivity contribution in [2.45, 2.75) is 24.7 Å². The van der Waals surface area contributed by atoms with Crippen molar-refractivity contribution < 1.29 is 22.7 Å². The van der Waals surface area contributed by atoms with E-state index in [4.69, 9.17) is 9.47 Å². The van der Waals surface area contributed by atoms with Crippen LogP contribution in [0.4, 0.5) is 11.4 Å². The highest BCUT2D eigenvalue weighted by molar-refractivity contribution is 7.92. The topological polar surface area (TPSA) is 93.7 Å². The number of rotatable bonds is 10. The molecule has 0 aliphatic heterocycles. The third-order valence-corrected chi connectivity index (χ3v) is 6.05. The predicted molar refractivity (Wildman–Crippen MR) is 125 cm³/mol. The lowest BCUT2D eigenvalue weighted by atomic mass is 10.2. The van der Waals surface area contributed by atoms with Crippen LogP contribution in [0, 0.1) is 0 Å². The standard InChI is InChI=1S/C24H26N2O5S/c1-3-4-17-31-22-11-5-18(6-12-22)24(27)25-19-9-15-23(16-10-19)32(28,29)26-20-7-13-21(30-2)14-8-20/h5-16,26H,3-4,17H2,1-2H3,(H,25,27). The van der Waals surface area contributed by atoms with Gasteiger partial charge in [0.25, 0.3) is 15.9 Å². The Kier molecular flexibility index (Phi) is 7.72. The maximum atomic E-state index is 12.6. The highest BCUT2D eigenvalue weighted by atomic mass is 32.2. The van der Waals surface area contributed by atoms with Crippen molar-refractivity contribution in [1.82, 2.24) is 0 Å². The molecule has 0 radical (unpaired) electrons. The fraction of sp³-hybridized carbons (Fsp3) is 0.208. The monoisotopic (exact) mass is 454 g/mol. The number of ether oxygens (including phenoxy) is 2. The van der Waals surface area contributed by atoms with Crippen LogP contribution in [0.3, 0.4) is 0 Å². The molecule has 0 aliphatic rings. The molecule has 0 heterocycles. The molecule has 0 bridgehead atoms. The summed E-state index contributed by atoms with van der Waals surface area (Å²) in [6.45, 7) is 2.74. The first-order valence-corrected chi connectivity index (χ1v) is 11.7. The number of carbonyl (C=O) groups is 1. The smallest absolute Gasteiger partial charge is 0.261 e. The molecule has 1 amide bonds. The molecular weight excluding hydrogens is 428 g/mol. The highest BCUT2D eigenvalue weighted by Gasteiger charge is 2.15. The summed E-state index contributed by atoms with van der Waals surface area (Å²) >= 11 is 0. The van der Waals surface area contributed by atoms with Gasteiger partial charge in [0.05, 0.1) is 18.6 Å². The van der Waals surface area contributed by atoms with Gasteiger partial charge in [0.1, 0.15) is 11.5 Å². The molecule has 0 atom stereocenters. The van der Waals surface area contributed by atoms with E-state index in [1.54, 1.807) is 60.7 Å². The van der Waals surface area contributed by atoms with Crippen LogP contribution in [0.1, 0.15) is 30.1 Å². The summed E-state index contributed by atoms with van der Waals surface area (Å²) in [6.07, 6.45) is 2.03. The average molecular weight is 455 g/mol. The van der Waals surface area contributed by atoms with Crippen molar-refractivity contribution in [1.29, 1.82) is 0 Å². The number of unbranched alkanes of at least 4 members (excludes halogenated alkanes) is 1. The lowest BCUT2D eigenvalue weighted by Crippen LogP contribution is -2.14. The summed E-state index contributed by atoms with van der Waals surface area (Å²) < 4.78 is 38.4. The first-order valence-electron chi connectivity index (χ1n) is 10.2. The quantitative estimate of drug-likeness (QED) is 0.424. The molecule has 0 spiro atoms. The van der Waals surface area contributed by atoms with Crippen LogP contribution in [0.15, 0.2) is 77.7 Å². The van der Waals surface area contributed by atoms with E-state index in [9.17, 15) is 13.2 Å². The summed E-state index contributed by atoms with van der Waals surface area (Å²) in [7, 11) is -2.22. The van der Waals surface area contributed by atoms with Crippen LogP contribution in [-0.4, -0.2) is 28.0 Å². The van der Waals surface area contributed by atoms with Gasteiger partial charge in [0.2, 0.25) is 0 Å². The Balaban J connectivity index is 1.61. The molecule has 168 valence electrons. The number of methoxy groups -OCH3 is 1. The van der Waals surface area contributed by atoms with Gasteiger partial charge < -0.3 is 14.8 Å². The largest absolute Gasteiger partial charge is 0.497 e. The number of sulfonamides is 1. The van der Waals surface area contributed by atoms with Gasteiger partial charge in [-0.25, -0.2) is 8.42 Å². The minimum Gasteiger partial charge on any atom is -0.497 e. The fourth-order valence-electron chi connectivity index (χ4n) is 2.83. The predicted octanol–water partition coefficient (Wildman–Crippen LogP) is 4.93. The van der Waals surface area contributed by atoms with E-state index < -0.39 is 10.0 Å². The molecule has 3 rings (SSSR count). The zero-order chi connectivity index (χ0) is 23.0. The van der Waals surface area contributed by atoms with Gasteiger partial charge in [-0.2, -0.15) is 0 Å². The van der Waals surface area contributed by atoms with E-state index in [1.165, 1.54) is 19.2 Å². The van der Waals surface area contributed by atoms with Crippen molar-refractivity contribution in [2.75, 3.05) is 23.8 Å². The van der Waals surface area contributed by atoms with Gasteiger partial charge in [-0.05, 0) is 79.2 Å². The lowest BCUT2D eigenvalue weighted by Gasteiger charge is -2.10. The number of carbonyl (C=O) groups excluding carboxylic acids is 1. The van der Waals surface area contributed by atoms with E-state index in [-0.39, 0.29) is 10.8 Å². The summed E-state index contributed by atoms with van der Waals surface area (Å²) in [5, 5.41) is 2.76. The van der Waals surface area contributed by atoms with Crippen LogP contribution < -0.4 is 19.5 Å². The number of hydrogen-bond acceptors (Lipinski definition) is 5. The molecule has 0 aromatic heterocycles. The van der Waals surface area contributed by atoms with Crippen LogP contribution in [-0.2, 0) is 10.0 Å². The van der Waals surface area contributed by atoms with Gasteiger partial charge in [-0.15, -0.1) is 0 Å². The molecule has 8 heteroatoms. The first-order chi connectivity index (χ1) is 15.4. The van der Waals surface area contributed by atoms with Gasteiger partial charge >= 0.3 is 0 Å². The van der Waals surface area contributed by atoms with E-state index in [0.717, 1.165) is 12.8 Å². The van der Waals surface area contributed by atoms with E-state index in [0.29, 0.717) is 35.0 Å². The van der Waals surface area contributed by atoms with Gasteiger partial charge in [0.15, 0.2) is 0 Å². The number of anilines is 2. The van der Waals surface area contributed by atoms with Gasteiger partial charge in [-0.3, -0.25) is 9.52 Å².